The SMILES string of the molecule is CCNC(=NCCCN1CCCCCC1=O)NCCc1csc(CC)n1. The normalized spacial score (nSPS) is 15.8. The molecule has 2 N–H and O–H groups in total. The molecule has 0 unspecified atom stereocenters. The highest BCUT2D eigenvalue weighted by Gasteiger charge is 2.15. The number of thiazole rings is 1. The molecule has 0 bridgehead atoms. The lowest BCUT2D eigenvalue weighted by Crippen LogP contribution is -2.38. The number of hydrogen-bond donors (Lipinski definition) is 2. The Morgan fingerprint density at radius 3 is 2.96 bits per heavy atom. The number of aliphatic imine (C=N–C) groups is 1. The van der Waals surface area contributed by atoms with Gasteiger partial charge >= 0.3 is 0 Å². The summed E-state index contributed by atoms with van der Waals surface area (Å²) in [5.74, 6) is 1.16. The Bertz CT molecular complexity index is 572. The molecular weight excluding hydrogens is 346 g/mol. The average Bonchev–Trinajstić information content (AvgIpc) is 3.01. The van der Waals surface area contributed by atoms with Crippen LogP contribution in [0.15, 0.2) is 10.4 Å². The number of aryl methyl sites for hydroxylation is 1. The van der Waals surface area contributed by atoms with Gasteiger partial charge in [-0.3, -0.25) is 9.79 Å². The van der Waals surface area contributed by atoms with Crippen LogP contribution in [0, 0.1) is 0 Å². The molecule has 1 aliphatic heterocycles. The van der Waals surface area contributed by atoms with Crippen LogP contribution in [0.2, 0.25) is 0 Å². The molecule has 1 aromatic heterocycles. The van der Waals surface area contributed by atoms with Crippen LogP contribution in [0.3, 0.4) is 0 Å². The maximum atomic E-state index is 12.0. The highest BCUT2D eigenvalue weighted by Crippen LogP contribution is 2.11. The lowest BCUT2D eigenvalue weighted by molar-refractivity contribution is -0.130. The van der Waals surface area contributed by atoms with Crippen LogP contribution in [-0.4, -0.2) is 54.5 Å². The van der Waals surface area contributed by atoms with Crippen molar-refractivity contribution in [1.29, 1.82) is 0 Å². The van der Waals surface area contributed by atoms with E-state index >= 15 is 0 Å². The summed E-state index contributed by atoms with van der Waals surface area (Å²) in [6.07, 6.45) is 6.88. The molecule has 6 nitrogen and oxygen atoms in total. The summed E-state index contributed by atoms with van der Waals surface area (Å²) in [4.78, 5) is 23.2. The summed E-state index contributed by atoms with van der Waals surface area (Å²) >= 11 is 1.73. The van der Waals surface area contributed by atoms with Gasteiger partial charge in [-0.1, -0.05) is 13.3 Å². The number of carbonyl (C=O) groups is 1. The summed E-state index contributed by atoms with van der Waals surface area (Å²) < 4.78 is 0. The van der Waals surface area contributed by atoms with Crippen LogP contribution >= 0.6 is 11.3 Å². The topological polar surface area (TPSA) is 69.6 Å². The summed E-state index contributed by atoms with van der Waals surface area (Å²) in [5, 5.41) is 10.00. The standard InChI is InChI=1S/C19H33N5OS/c1-3-17-23-16(15-26-17)10-12-22-19(20-4-2)21-11-8-14-24-13-7-5-6-9-18(24)25/h15H,3-14H2,1-2H3,(H2,20,21,22). The zero-order valence-corrected chi connectivity index (χ0v) is 17.0. The zero-order valence-electron chi connectivity index (χ0n) is 16.2. The van der Waals surface area contributed by atoms with E-state index in [-0.39, 0.29) is 0 Å². The first-order valence-corrected chi connectivity index (χ1v) is 10.8. The van der Waals surface area contributed by atoms with Crippen LogP contribution < -0.4 is 10.6 Å². The number of likely N-dealkylation sites (tertiary alicyclic amines) is 1. The molecule has 146 valence electrons. The molecule has 1 amide bonds. The third-order valence-electron chi connectivity index (χ3n) is 4.45. The van der Waals surface area contributed by atoms with Gasteiger partial charge in [0.2, 0.25) is 5.91 Å². The summed E-state index contributed by atoms with van der Waals surface area (Å²) in [5.41, 5.74) is 1.15. The molecule has 2 heterocycles. The summed E-state index contributed by atoms with van der Waals surface area (Å²) in [7, 11) is 0. The van der Waals surface area contributed by atoms with E-state index in [1.165, 1.54) is 11.4 Å². The third kappa shape index (κ3) is 7.32. The van der Waals surface area contributed by atoms with E-state index in [1.807, 2.05) is 4.90 Å². The number of nitrogens with one attached hydrogen (secondary N) is 2. The fraction of sp³-hybridized carbons (Fsp3) is 0.737. The zero-order chi connectivity index (χ0) is 18.6. The van der Waals surface area contributed by atoms with Crippen molar-refractivity contribution in [2.75, 3.05) is 32.7 Å². The van der Waals surface area contributed by atoms with Gasteiger partial charge in [-0.2, -0.15) is 0 Å². The first kappa shape index (κ1) is 20.7. The van der Waals surface area contributed by atoms with Gasteiger partial charge in [-0.25, -0.2) is 4.98 Å². The van der Waals surface area contributed by atoms with E-state index in [1.54, 1.807) is 11.3 Å². The van der Waals surface area contributed by atoms with Gasteiger partial charge < -0.3 is 15.5 Å². The van der Waals surface area contributed by atoms with Crippen LogP contribution in [0.25, 0.3) is 0 Å². The minimum Gasteiger partial charge on any atom is -0.357 e. The van der Waals surface area contributed by atoms with E-state index in [0.29, 0.717) is 12.3 Å². The fourth-order valence-electron chi connectivity index (χ4n) is 3.00. The molecule has 7 heteroatoms. The number of nitrogens with zero attached hydrogens (tertiary/aromatic N) is 3. The molecule has 2 rings (SSSR count). The van der Waals surface area contributed by atoms with Crippen molar-refractivity contribution in [3.63, 3.8) is 0 Å². The predicted molar refractivity (Wildman–Crippen MR) is 109 cm³/mol. The molecule has 1 aliphatic rings. The smallest absolute Gasteiger partial charge is 0.222 e. The van der Waals surface area contributed by atoms with E-state index in [9.17, 15) is 4.79 Å². The average molecular weight is 380 g/mol. The van der Waals surface area contributed by atoms with Gasteiger partial charge in [0.05, 0.1) is 10.7 Å². The largest absolute Gasteiger partial charge is 0.357 e. The van der Waals surface area contributed by atoms with Gasteiger partial charge in [-0.15, -0.1) is 11.3 Å². The van der Waals surface area contributed by atoms with Crippen LogP contribution in [-0.2, 0) is 17.6 Å². The Kier molecular flexibility index (Phi) is 9.45. The fourth-order valence-corrected chi connectivity index (χ4v) is 3.78. The number of rotatable bonds is 9. The van der Waals surface area contributed by atoms with Crippen molar-refractivity contribution in [2.24, 2.45) is 4.99 Å². The Hall–Kier alpha value is -1.63. The number of aromatic nitrogens is 1. The predicted octanol–water partition coefficient (Wildman–Crippen LogP) is 2.60. The number of amides is 1. The molecule has 0 aromatic carbocycles. The highest BCUT2D eigenvalue weighted by molar-refractivity contribution is 7.09. The molecule has 1 fully saturated rings. The maximum absolute atomic E-state index is 12.0. The van der Waals surface area contributed by atoms with Crippen molar-refractivity contribution in [3.05, 3.63) is 16.1 Å². The molecular formula is C19H33N5OS. The quantitative estimate of drug-likeness (QED) is 0.393. The first-order valence-electron chi connectivity index (χ1n) is 9.96. The highest BCUT2D eigenvalue weighted by atomic mass is 32.1. The minimum atomic E-state index is 0.311. The van der Waals surface area contributed by atoms with Crippen LogP contribution in [0.1, 0.15) is 56.7 Å². The van der Waals surface area contributed by atoms with Gasteiger partial charge in [0.15, 0.2) is 5.96 Å². The summed E-state index contributed by atoms with van der Waals surface area (Å²) in [6.45, 7) is 8.33. The second-order valence-electron chi connectivity index (χ2n) is 6.57. The van der Waals surface area contributed by atoms with E-state index in [0.717, 1.165) is 76.5 Å². The molecule has 0 saturated carbocycles. The third-order valence-corrected chi connectivity index (χ3v) is 5.49. The van der Waals surface area contributed by atoms with Crippen LogP contribution in [0.5, 0.6) is 0 Å². The second-order valence-corrected chi connectivity index (χ2v) is 7.51. The summed E-state index contributed by atoms with van der Waals surface area (Å²) in [6, 6.07) is 0. The van der Waals surface area contributed by atoms with Crippen molar-refractivity contribution in [2.45, 2.75) is 58.8 Å². The molecule has 0 atom stereocenters. The van der Waals surface area contributed by atoms with Gasteiger partial charge in [0.25, 0.3) is 0 Å². The monoisotopic (exact) mass is 379 g/mol. The van der Waals surface area contributed by atoms with Crippen molar-refractivity contribution >= 4 is 23.2 Å². The van der Waals surface area contributed by atoms with E-state index in [2.05, 4.69) is 39.8 Å². The molecule has 0 spiro atoms. The van der Waals surface area contributed by atoms with Crippen molar-refractivity contribution in [3.8, 4) is 0 Å². The number of carbonyl (C=O) groups excluding carboxylic acids is 1. The molecule has 1 saturated heterocycles. The second kappa shape index (κ2) is 11.9. The Morgan fingerprint density at radius 2 is 2.19 bits per heavy atom. The molecule has 0 radical (unpaired) electrons. The van der Waals surface area contributed by atoms with Crippen molar-refractivity contribution < 1.29 is 4.79 Å². The molecule has 0 aliphatic carbocycles. The Morgan fingerprint density at radius 1 is 1.31 bits per heavy atom. The van der Waals surface area contributed by atoms with E-state index < -0.39 is 0 Å². The number of guanidine groups is 1. The molecule has 1 aromatic rings. The lowest BCUT2D eigenvalue weighted by atomic mass is 10.2. The van der Waals surface area contributed by atoms with E-state index in [4.69, 9.17) is 0 Å². The van der Waals surface area contributed by atoms with Crippen molar-refractivity contribution in [1.82, 2.24) is 20.5 Å². The maximum Gasteiger partial charge on any atom is 0.222 e. The Labute approximate surface area is 161 Å². The first-order chi connectivity index (χ1) is 12.7. The Balaban J connectivity index is 1.70. The minimum absolute atomic E-state index is 0.311. The number of hydrogen-bond acceptors (Lipinski definition) is 4. The van der Waals surface area contributed by atoms with Gasteiger partial charge in [-0.05, 0) is 32.6 Å². The molecule has 26 heavy (non-hydrogen) atoms. The van der Waals surface area contributed by atoms with Gasteiger partial charge in [0.1, 0.15) is 0 Å². The van der Waals surface area contributed by atoms with Gasteiger partial charge in [0, 0.05) is 50.9 Å². The van der Waals surface area contributed by atoms with Crippen LogP contribution in [0.4, 0.5) is 0 Å². The lowest BCUT2D eigenvalue weighted by Gasteiger charge is -2.20.